The first-order valence-corrected chi connectivity index (χ1v) is 9.36. The Balaban J connectivity index is 1.31. The molecule has 1 fully saturated rings. The topological polar surface area (TPSA) is 59.6 Å². The molecule has 0 radical (unpaired) electrons. The van der Waals surface area contributed by atoms with Gasteiger partial charge in [-0.3, -0.25) is 0 Å². The van der Waals surface area contributed by atoms with Crippen LogP contribution in [0.3, 0.4) is 0 Å². The van der Waals surface area contributed by atoms with E-state index < -0.39 is 0 Å². The fourth-order valence-electron chi connectivity index (χ4n) is 3.25. The van der Waals surface area contributed by atoms with Crippen LogP contribution >= 0.6 is 11.6 Å². The number of hydrogen-bond acceptors (Lipinski definition) is 3. The van der Waals surface area contributed by atoms with Crippen molar-refractivity contribution >= 4 is 17.6 Å². The molecule has 2 amide bonds. The van der Waals surface area contributed by atoms with Gasteiger partial charge in [0.25, 0.3) is 0 Å². The van der Waals surface area contributed by atoms with E-state index in [1.165, 1.54) is 12.1 Å². The Hall–Kier alpha value is -2.47. The first-order valence-electron chi connectivity index (χ1n) is 8.98. The maximum absolute atomic E-state index is 13.3. The van der Waals surface area contributed by atoms with Crippen molar-refractivity contribution in [1.29, 1.82) is 0 Å². The number of halogens is 2. The molecule has 2 aromatic rings. The van der Waals surface area contributed by atoms with E-state index in [9.17, 15) is 9.18 Å². The second-order valence-electron chi connectivity index (χ2n) is 6.79. The Kier molecular flexibility index (Phi) is 5.07. The number of carbonyl (C=O) groups is 1. The van der Waals surface area contributed by atoms with Gasteiger partial charge in [-0.2, -0.15) is 0 Å². The molecule has 0 saturated heterocycles. The second-order valence-corrected chi connectivity index (χ2v) is 7.19. The maximum Gasteiger partial charge on any atom is 0.315 e. The van der Waals surface area contributed by atoms with Crippen LogP contribution in [0, 0.1) is 5.82 Å². The predicted molar refractivity (Wildman–Crippen MR) is 100.0 cm³/mol. The van der Waals surface area contributed by atoms with Gasteiger partial charge in [-0.15, -0.1) is 0 Å². The Labute approximate surface area is 161 Å². The molecule has 2 N–H and O–H groups in total. The predicted octanol–water partition coefficient (Wildman–Crippen LogP) is 4.00. The maximum atomic E-state index is 13.3. The first-order chi connectivity index (χ1) is 13.1. The number of urea groups is 1. The SMILES string of the molecule is O=C(NCc1cc(Cl)c2c(c1)OCCCO2)NC1CC1c1cccc(F)c1. The summed E-state index contributed by atoms with van der Waals surface area (Å²) >= 11 is 6.27. The van der Waals surface area contributed by atoms with Gasteiger partial charge in [0.1, 0.15) is 5.82 Å². The molecule has 0 spiro atoms. The molecule has 7 heteroatoms. The van der Waals surface area contributed by atoms with Crippen LogP contribution in [0.5, 0.6) is 11.5 Å². The molecule has 5 nitrogen and oxygen atoms in total. The minimum absolute atomic E-state index is 0.0270. The van der Waals surface area contributed by atoms with E-state index in [1.54, 1.807) is 12.1 Å². The molecule has 2 atom stereocenters. The molecule has 0 bridgehead atoms. The molecule has 2 aliphatic rings. The fourth-order valence-corrected chi connectivity index (χ4v) is 3.54. The molecule has 1 aliphatic heterocycles. The normalized spacial score (nSPS) is 20.5. The fraction of sp³-hybridized carbons (Fsp3) is 0.350. The van der Waals surface area contributed by atoms with Gasteiger partial charge < -0.3 is 20.1 Å². The highest BCUT2D eigenvalue weighted by molar-refractivity contribution is 6.32. The zero-order valence-corrected chi connectivity index (χ0v) is 15.4. The smallest absolute Gasteiger partial charge is 0.315 e. The van der Waals surface area contributed by atoms with Crippen LogP contribution in [-0.2, 0) is 6.54 Å². The zero-order valence-electron chi connectivity index (χ0n) is 14.6. The third-order valence-corrected chi connectivity index (χ3v) is 4.98. The number of amides is 2. The monoisotopic (exact) mass is 390 g/mol. The van der Waals surface area contributed by atoms with E-state index >= 15 is 0 Å². The van der Waals surface area contributed by atoms with E-state index in [-0.39, 0.29) is 23.8 Å². The standard InChI is InChI=1S/C20H20ClFN2O3/c21-16-7-12(8-18-19(16)27-6-2-5-26-18)11-23-20(25)24-17-10-15(17)13-3-1-4-14(22)9-13/h1,3-4,7-9,15,17H,2,5-6,10-11H2,(H2,23,24,25). The second kappa shape index (κ2) is 7.64. The van der Waals surface area contributed by atoms with Crippen LogP contribution in [0.25, 0.3) is 0 Å². The average molecular weight is 391 g/mol. The van der Waals surface area contributed by atoms with Gasteiger partial charge in [0.2, 0.25) is 0 Å². The summed E-state index contributed by atoms with van der Waals surface area (Å²) in [6, 6.07) is 9.87. The van der Waals surface area contributed by atoms with Crippen molar-refractivity contribution in [1.82, 2.24) is 10.6 Å². The summed E-state index contributed by atoms with van der Waals surface area (Å²) in [5.74, 6) is 1.07. The Morgan fingerprint density at radius 3 is 2.93 bits per heavy atom. The summed E-state index contributed by atoms with van der Waals surface area (Å²) in [5, 5.41) is 6.21. The molecule has 27 heavy (non-hydrogen) atoms. The lowest BCUT2D eigenvalue weighted by Gasteiger charge is -2.12. The third-order valence-electron chi connectivity index (χ3n) is 4.70. The Morgan fingerprint density at radius 2 is 2.07 bits per heavy atom. The van der Waals surface area contributed by atoms with Gasteiger partial charge in [-0.1, -0.05) is 23.7 Å². The van der Waals surface area contributed by atoms with Crippen molar-refractivity contribution in [3.05, 3.63) is 58.4 Å². The Morgan fingerprint density at radius 1 is 1.22 bits per heavy atom. The van der Waals surface area contributed by atoms with Crippen LogP contribution in [-0.4, -0.2) is 25.3 Å². The number of ether oxygens (including phenoxy) is 2. The number of nitrogens with one attached hydrogen (secondary N) is 2. The highest BCUT2D eigenvalue weighted by atomic mass is 35.5. The lowest BCUT2D eigenvalue weighted by molar-refractivity contribution is 0.240. The van der Waals surface area contributed by atoms with Gasteiger partial charge in [0.05, 0.1) is 18.2 Å². The summed E-state index contributed by atoms with van der Waals surface area (Å²) in [6.45, 7) is 1.46. The van der Waals surface area contributed by atoms with Crippen molar-refractivity contribution in [2.75, 3.05) is 13.2 Å². The van der Waals surface area contributed by atoms with Crippen molar-refractivity contribution in [3.63, 3.8) is 0 Å². The van der Waals surface area contributed by atoms with Crippen LogP contribution in [0.15, 0.2) is 36.4 Å². The van der Waals surface area contributed by atoms with E-state index in [2.05, 4.69) is 10.6 Å². The molecule has 1 aliphatic carbocycles. The van der Waals surface area contributed by atoms with Crippen LogP contribution in [0.1, 0.15) is 29.9 Å². The number of benzene rings is 2. The molecule has 0 aromatic heterocycles. The van der Waals surface area contributed by atoms with E-state index in [0.29, 0.717) is 36.3 Å². The van der Waals surface area contributed by atoms with Crippen molar-refractivity contribution < 1.29 is 18.7 Å². The number of rotatable bonds is 4. The molecule has 142 valence electrons. The van der Waals surface area contributed by atoms with Crippen LogP contribution in [0.2, 0.25) is 5.02 Å². The average Bonchev–Trinajstić information content (AvgIpc) is 3.43. The quantitative estimate of drug-likeness (QED) is 0.829. The highest BCUT2D eigenvalue weighted by Gasteiger charge is 2.39. The minimum Gasteiger partial charge on any atom is -0.489 e. The number of hydrogen-bond donors (Lipinski definition) is 2. The van der Waals surface area contributed by atoms with Crippen LogP contribution < -0.4 is 20.1 Å². The molecular weight excluding hydrogens is 371 g/mol. The first kappa shape index (κ1) is 17.9. The molecule has 2 aromatic carbocycles. The third kappa shape index (κ3) is 4.27. The molecule has 1 heterocycles. The lowest BCUT2D eigenvalue weighted by atomic mass is 10.1. The molecule has 1 saturated carbocycles. The van der Waals surface area contributed by atoms with Crippen LogP contribution in [0.4, 0.5) is 9.18 Å². The van der Waals surface area contributed by atoms with Crippen molar-refractivity contribution in [2.24, 2.45) is 0 Å². The number of fused-ring (bicyclic) bond motifs is 1. The summed E-state index contributed by atoms with van der Waals surface area (Å²) in [5.41, 5.74) is 1.74. The van der Waals surface area contributed by atoms with Crippen molar-refractivity contribution in [2.45, 2.75) is 31.3 Å². The summed E-state index contributed by atoms with van der Waals surface area (Å²) in [7, 11) is 0. The summed E-state index contributed by atoms with van der Waals surface area (Å²) in [6.07, 6.45) is 1.61. The van der Waals surface area contributed by atoms with Gasteiger partial charge in [-0.25, -0.2) is 9.18 Å². The van der Waals surface area contributed by atoms with E-state index in [0.717, 1.165) is 24.0 Å². The highest BCUT2D eigenvalue weighted by Crippen LogP contribution is 2.41. The lowest BCUT2D eigenvalue weighted by Crippen LogP contribution is -2.36. The summed E-state index contributed by atoms with van der Waals surface area (Å²) < 4.78 is 24.6. The summed E-state index contributed by atoms with van der Waals surface area (Å²) in [4.78, 5) is 12.2. The largest absolute Gasteiger partial charge is 0.489 e. The molecular formula is C20H20ClFN2O3. The van der Waals surface area contributed by atoms with Gasteiger partial charge in [-0.05, 0) is 41.8 Å². The van der Waals surface area contributed by atoms with E-state index in [1.807, 2.05) is 12.1 Å². The van der Waals surface area contributed by atoms with Gasteiger partial charge in [0.15, 0.2) is 11.5 Å². The molecule has 4 rings (SSSR count). The molecule has 2 unspecified atom stereocenters. The minimum atomic E-state index is -0.262. The van der Waals surface area contributed by atoms with E-state index in [4.69, 9.17) is 21.1 Å². The number of carbonyl (C=O) groups excluding carboxylic acids is 1. The van der Waals surface area contributed by atoms with Gasteiger partial charge in [0, 0.05) is 24.9 Å². The van der Waals surface area contributed by atoms with Gasteiger partial charge >= 0.3 is 6.03 Å². The van der Waals surface area contributed by atoms with Crippen molar-refractivity contribution in [3.8, 4) is 11.5 Å². The zero-order chi connectivity index (χ0) is 18.8. The Bertz CT molecular complexity index is 861.